The Balaban J connectivity index is 2.72. The van der Waals surface area contributed by atoms with Gasteiger partial charge >= 0.3 is 0 Å². The van der Waals surface area contributed by atoms with E-state index < -0.39 is 11.4 Å². The Kier molecular flexibility index (Phi) is 3.50. The van der Waals surface area contributed by atoms with Crippen molar-refractivity contribution >= 4 is 15.9 Å². The molecule has 1 N–H and O–H groups in total. The number of rotatable bonds is 3. The van der Waals surface area contributed by atoms with Crippen LogP contribution in [0.5, 0.6) is 5.75 Å². The maximum atomic E-state index is 13.1. The quantitative estimate of drug-likeness (QED) is 0.908. The third-order valence-corrected chi connectivity index (χ3v) is 1.97. The third kappa shape index (κ3) is 3.64. The Hall–Kier alpha value is -0.610. The molecule has 0 aliphatic heterocycles. The predicted molar refractivity (Wildman–Crippen MR) is 55.9 cm³/mol. The van der Waals surface area contributed by atoms with Gasteiger partial charge in [0.1, 0.15) is 6.61 Å². The van der Waals surface area contributed by atoms with Crippen molar-refractivity contribution in [1.29, 1.82) is 0 Å². The molecular formula is C10H12BrFO2. The number of aliphatic hydroxyl groups is 1. The molecule has 0 saturated carbocycles. The minimum atomic E-state index is -0.964. The van der Waals surface area contributed by atoms with Crippen molar-refractivity contribution in [2.24, 2.45) is 0 Å². The second-order valence-corrected chi connectivity index (χ2v) is 4.59. The first-order chi connectivity index (χ1) is 6.38. The summed E-state index contributed by atoms with van der Waals surface area (Å²) in [6, 6.07) is 4.43. The summed E-state index contributed by atoms with van der Waals surface area (Å²) in [6.07, 6.45) is 0. The van der Waals surface area contributed by atoms with Crippen molar-refractivity contribution in [2.45, 2.75) is 19.4 Å². The first kappa shape index (κ1) is 11.5. The molecule has 78 valence electrons. The largest absolute Gasteiger partial charge is 0.487 e. The summed E-state index contributed by atoms with van der Waals surface area (Å²) in [6.45, 7) is 3.26. The van der Waals surface area contributed by atoms with Crippen molar-refractivity contribution in [2.75, 3.05) is 6.61 Å². The van der Waals surface area contributed by atoms with Crippen LogP contribution < -0.4 is 4.74 Å². The second kappa shape index (κ2) is 4.28. The fourth-order valence-electron chi connectivity index (χ4n) is 0.842. The monoisotopic (exact) mass is 262 g/mol. The molecular weight excluding hydrogens is 251 g/mol. The van der Waals surface area contributed by atoms with Gasteiger partial charge in [-0.15, -0.1) is 0 Å². The molecule has 0 bridgehead atoms. The average Bonchev–Trinajstić information content (AvgIpc) is 2.05. The smallest absolute Gasteiger partial charge is 0.165 e. The number of ether oxygens (including phenoxy) is 1. The minimum Gasteiger partial charge on any atom is -0.487 e. The summed E-state index contributed by atoms with van der Waals surface area (Å²) < 4.78 is 19.0. The molecule has 4 heteroatoms. The van der Waals surface area contributed by atoms with Gasteiger partial charge in [0.05, 0.1) is 5.60 Å². The molecule has 0 saturated heterocycles. The molecule has 1 aromatic rings. The summed E-state index contributed by atoms with van der Waals surface area (Å²) in [4.78, 5) is 0. The topological polar surface area (TPSA) is 29.5 Å². The Morgan fingerprint density at radius 1 is 1.50 bits per heavy atom. The van der Waals surface area contributed by atoms with Crippen LogP contribution in [0.4, 0.5) is 4.39 Å². The van der Waals surface area contributed by atoms with Gasteiger partial charge < -0.3 is 9.84 Å². The number of hydrogen-bond donors (Lipinski definition) is 1. The van der Waals surface area contributed by atoms with Gasteiger partial charge in [0.25, 0.3) is 0 Å². The van der Waals surface area contributed by atoms with Gasteiger partial charge in [-0.2, -0.15) is 0 Å². The van der Waals surface area contributed by atoms with Crippen LogP contribution >= 0.6 is 15.9 Å². The minimum absolute atomic E-state index is 0.0559. The van der Waals surface area contributed by atoms with Gasteiger partial charge in [-0.1, -0.05) is 15.9 Å². The number of halogens is 2. The Labute approximate surface area is 90.8 Å². The summed E-state index contributed by atoms with van der Waals surface area (Å²) >= 11 is 3.21. The molecule has 0 unspecified atom stereocenters. The molecule has 0 aliphatic carbocycles. The van der Waals surface area contributed by atoms with Crippen LogP contribution in [0.15, 0.2) is 22.7 Å². The average molecular weight is 263 g/mol. The van der Waals surface area contributed by atoms with Gasteiger partial charge in [-0.3, -0.25) is 0 Å². The zero-order valence-corrected chi connectivity index (χ0v) is 9.64. The molecule has 0 radical (unpaired) electrons. The summed E-state index contributed by atoms with van der Waals surface area (Å²) in [7, 11) is 0. The molecule has 0 aromatic heterocycles. The molecule has 0 aliphatic rings. The van der Waals surface area contributed by atoms with E-state index in [1.165, 1.54) is 12.1 Å². The molecule has 0 heterocycles. The fraction of sp³-hybridized carbons (Fsp3) is 0.400. The second-order valence-electron chi connectivity index (χ2n) is 3.68. The van der Waals surface area contributed by atoms with Crippen LogP contribution in [0, 0.1) is 5.82 Å². The molecule has 0 fully saturated rings. The SMILES string of the molecule is CC(C)(O)COc1cc(Br)ccc1F. The highest BCUT2D eigenvalue weighted by Gasteiger charge is 2.14. The maximum absolute atomic E-state index is 13.1. The standard InChI is InChI=1S/C10H12BrFO2/c1-10(2,13)6-14-9-5-7(11)3-4-8(9)12/h3-5,13H,6H2,1-2H3. The molecule has 0 atom stereocenters. The van der Waals surface area contributed by atoms with Crippen molar-refractivity contribution < 1.29 is 14.2 Å². The van der Waals surface area contributed by atoms with E-state index in [1.807, 2.05) is 0 Å². The lowest BCUT2D eigenvalue weighted by Gasteiger charge is -2.18. The van der Waals surface area contributed by atoms with Gasteiger partial charge in [0.15, 0.2) is 11.6 Å². The van der Waals surface area contributed by atoms with Crippen molar-refractivity contribution in [3.8, 4) is 5.75 Å². The van der Waals surface area contributed by atoms with E-state index in [0.717, 1.165) is 4.47 Å². The lowest BCUT2D eigenvalue weighted by Crippen LogP contribution is -2.28. The van der Waals surface area contributed by atoms with Crippen LogP contribution in [0.2, 0.25) is 0 Å². The molecule has 0 spiro atoms. The fourth-order valence-corrected chi connectivity index (χ4v) is 1.18. The van der Waals surface area contributed by atoms with Gasteiger partial charge in [-0.05, 0) is 32.0 Å². The van der Waals surface area contributed by atoms with Crippen LogP contribution in [0.3, 0.4) is 0 Å². The summed E-state index contributed by atoms with van der Waals surface area (Å²) in [5.41, 5.74) is -0.964. The van der Waals surface area contributed by atoms with Crippen LogP contribution in [-0.4, -0.2) is 17.3 Å². The lowest BCUT2D eigenvalue weighted by molar-refractivity contribution is 0.0271. The molecule has 14 heavy (non-hydrogen) atoms. The highest BCUT2D eigenvalue weighted by Crippen LogP contribution is 2.22. The Morgan fingerprint density at radius 2 is 2.14 bits per heavy atom. The summed E-state index contributed by atoms with van der Waals surface area (Å²) in [5.74, 6) is -0.293. The van der Waals surface area contributed by atoms with Crippen molar-refractivity contribution in [3.05, 3.63) is 28.5 Å². The van der Waals surface area contributed by atoms with E-state index in [4.69, 9.17) is 4.74 Å². The molecule has 1 aromatic carbocycles. The first-order valence-electron chi connectivity index (χ1n) is 4.19. The van der Waals surface area contributed by atoms with E-state index in [1.54, 1.807) is 19.9 Å². The maximum Gasteiger partial charge on any atom is 0.165 e. The van der Waals surface area contributed by atoms with Crippen LogP contribution in [0.25, 0.3) is 0 Å². The highest BCUT2D eigenvalue weighted by molar-refractivity contribution is 9.10. The predicted octanol–water partition coefficient (Wildman–Crippen LogP) is 2.74. The van der Waals surface area contributed by atoms with Gasteiger partial charge in [0, 0.05) is 4.47 Å². The number of benzene rings is 1. The van der Waals surface area contributed by atoms with Crippen LogP contribution in [-0.2, 0) is 0 Å². The Morgan fingerprint density at radius 3 is 2.71 bits per heavy atom. The van der Waals surface area contributed by atoms with E-state index >= 15 is 0 Å². The molecule has 2 nitrogen and oxygen atoms in total. The first-order valence-corrected chi connectivity index (χ1v) is 4.98. The zero-order chi connectivity index (χ0) is 10.8. The normalized spacial score (nSPS) is 11.5. The molecule has 1 rings (SSSR count). The third-order valence-electron chi connectivity index (χ3n) is 1.47. The summed E-state index contributed by atoms with van der Waals surface area (Å²) in [5, 5.41) is 9.38. The van der Waals surface area contributed by atoms with Crippen LogP contribution in [0.1, 0.15) is 13.8 Å². The highest BCUT2D eigenvalue weighted by atomic mass is 79.9. The van der Waals surface area contributed by atoms with E-state index in [0.29, 0.717) is 0 Å². The van der Waals surface area contributed by atoms with Crippen molar-refractivity contribution in [3.63, 3.8) is 0 Å². The zero-order valence-electron chi connectivity index (χ0n) is 8.05. The van der Waals surface area contributed by atoms with E-state index in [-0.39, 0.29) is 12.4 Å². The lowest BCUT2D eigenvalue weighted by atomic mass is 10.2. The van der Waals surface area contributed by atoms with E-state index in [2.05, 4.69) is 15.9 Å². The Bertz CT molecular complexity index is 320. The van der Waals surface area contributed by atoms with E-state index in [9.17, 15) is 9.50 Å². The van der Waals surface area contributed by atoms with Crippen molar-refractivity contribution in [1.82, 2.24) is 0 Å². The van der Waals surface area contributed by atoms with Gasteiger partial charge in [-0.25, -0.2) is 4.39 Å². The molecule has 0 amide bonds. The number of hydrogen-bond acceptors (Lipinski definition) is 2. The van der Waals surface area contributed by atoms with Gasteiger partial charge in [0.2, 0.25) is 0 Å².